The predicted octanol–water partition coefficient (Wildman–Crippen LogP) is 9.62. The average Bonchev–Trinajstić information content (AvgIpc) is 3.90. The average molecular weight is 843 g/mol. The SMILES string of the molecule is CC(C)c1ccccc1-n1cnc2c1n(-c1ccccc1)c1nc3ccc(Oc4[c-]c5c(cc4)c4ccccc4n5-c4ccccn4)[c-]c3n21.[Pt+2]. The van der Waals surface area contributed by atoms with Crippen molar-refractivity contribution in [3.63, 3.8) is 0 Å². The van der Waals surface area contributed by atoms with E-state index in [1.807, 2.05) is 67.0 Å². The van der Waals surface area contributed by atoms with Crippen molar-refractivity contribution in [3.8, 4) is 28.7 Å². The van der Waals surface area contributed by atoms with Crippen LogP contribution in [0.2, 0.25) is 0 Å². The van der Waals surface area contributed by atoms with Crippen molar-refractivity contribution < 1.29 is 25.8 Å². The molecule has 0 aliphatic carbocycles. The molecule has 0 saturated heterocycles. The number of rotatable bonds is 6. The summed E-state index contributed by atoms with van der Waals surface area (Å²) in [5.41, 5.74) is 8.57. The standard InChI is InChI=1S/C42H29N7O.Pt/c1-27(2)31-14-6-8-16-35(31)46-26-44-40-41(46)47(28-12-4-3-5-13-28)42-45-34-22-20-30(25-38(34)49(40)42)50-29-19-21-33-32-15-7-9-17-36(32)48(37(33)24-29)39-18-10-11-23-43-39;/h3-23,26-27H,1-2H3;/q-2;+2. The summed E-state index contributed by atoms with van der Waals surface area (Å²) >= 11 is 0. The molecule has 0 aliphatic rings. The van der Waals surface area contributed by atoms with Gasteiger partial charge in [0, 0.05) is 23.2 Å². The van der Waals surface area contributed by atoms with Crippen LogP contribution in [0.25, 0.3) is 67.1 Å². The van der Waals surface area contributed by atoms with Crippen molar-refractivity contribution in [1.82, 2.24) is 33.1 Å². The quantitative estimate of drug-likeness (QED) is 0.157. The van der Waals surface area contributed by atoms with Crippen LogP contribution in [-0.4, -0.2) is 33.1 Å². The minimum atomic E-state index is 0. The van der Waals surface area contributed by atoms with Gasteiger partial charge in [0.25, 0.3) is 0 Å². The molecule has 10 rings (SSSR count). The van der Waals surface area contributed by atoms with Crippen LogP contribution in [0.15, 0.2) is 134 Å². The minimum absolute atomic E-state index is 0. The number of para-hydroxylation sites is 3. The zero-order chi connectivity index (χ0) is 33.3. The summed E-state index contributed by atoms with van der Waals surface area (Å²) in [6.45, 7) is 4.43. The number of hydrogen-bond acceptors (Lipinski definition) is 4. The molecule has 0 aliphatic heterocycles. The van der Waals surface area contributed by atoms with Crippen LogP contribution >= 0.6 is 0 Å². The fourth-order valence-electron chi connectivity index (χ4n) is 7.14. The van der Waals surface area contributed by atoms with Crippen LogP contribution in [0.4, 0.5) is 0 Å². The third kappa shape index (κ3) is 4.82. The first-order valence-corrected chi connectivity index (χ1v) is 16.7. The first-order valence-electron chi connectivity index (χ1n) is 16.7. The zero-order valence-corrected chi connectivity index (χ0v) is 29.9. The Morgan fingerprint density at radius 2 is 1.41 bits per heavy atom. The van der Waals surface area contributed by atoms with E-state index in [1.54, 1.807) is 6.20 Å². The van der Waals surface area contributed by atoms with Gasteiger partial charge in [0.05, 0.1) is 11.4 Å². The Bertz CT molecular complexity index is 2880. The van der Waals surface area contributed by atoms with Crippen molar-refractivity contribution in [2.24, 2.45) is 0 Å². The summed E-state index contributed by atoms with van der Waals surface area (Å²) in [7, 11) is 0. The van der Waals surface area contributed by atoms with Crippen molar-refractivity contribution in [1.29, 1.82) is 0 Å². The van der Waals surface area contributed by atoms with Crippen LogP contribution in [0, 0.1) is 12.1 Å². The van der Waals surface area contributed by atoms with E-state index in [-0.39, 0.29) is 21.1 Å². The molecule has 0 fully saturated rings. The molecule has 0 unspecified atom stereocenters. The Kier molecular flexibility index (Phi) is 7.37. The van der Waals surface area contributed by atoms with E-state index in [2.05, 4.69) is 110 Å². The molecular formula is C42H29N7OPt. The van der Waals surface area contributed by atoms with Gasteiger partial charge in [-0.3, -0.25) is 18.5 Å². The summed E-state index contributed by atoms with van der Waals surface area (Å²) in [6, 6.07) is 48.1. The molecule has 0 amide bonds. The summed E-state index contributed by atoms with van der Waals surface area (Å²) in [6.07, 6.45) is 3.71. The van der Waals surface area contributed by atoms with Gasteiger partial charge in [-0.2, -0.15) is 6.07 Å². The number of benzene rings is 5. The predicted molar refractivity (Wildman–Crippen MR) is 197 cm³/mol. The molecule has 248 valence electrons. The topological polar surface area (TPSA) is 67.1 Å². The van der Waals surface area contributed by atoms with Gasteiger partial charge in [-0.25, -0.2) is 9.97 Å². The first kappa shape index (κ1) is 31.0. The van der Waals surface area contributed by atoms with Crippen molar-refractivity contribution in [3.05, 3.63) is 152 Å². The molecule has 9 heteroatoms. The zero-order valence-electron chi connectivity index (χ0n) is 27.6. The maximum Gasteiger partial charge on any atom is 2.00 e. The molecule has 8 nitrogen and oxygen atoms in total. The smallest absolute Gasteiger partial charge is 0.509 e. The molecule has 5 heterocycles. The Labute approximate surface area is 307 Å². The maximum atomic E-state index is 6.50. The van der Waals surface area contributed by atoms with Crippen molar-refractivity contribution in [2.45, 2.75) is 19.8 Å². The number of imidazole rings is 3. The van der Waals surface area contributed by atoms with Crippen LogP contribution in [-0.2, 0) is 21.1 Å². The molecule has 10 aromatic rings. The van der Waals surface area contributed by atoms with E-state index < -0.39 is 0 Å². The van der Waals surface area contributed by atoms with Gasteiger partial charge >= 0.3 is 21.1 Å². The molecule has 0 spiro atoms. The molecule has 5 aromatic carbocycles. The van der Waals surface area contributed by atoms with Gasteiger partial charge in [0.1, 0.15) is 12.1 Å². The second kappa shape index (κ2) is 12.1. The van der Waals surface area contributed by atoms with Gasteiger partial charge in [0.15, 0.2) is 11.3 Å². The third-order valence-corrected chi connectivity index (χ3v) is 9.36. The van der Waals surface area contributed by atoms with Crippen LogP contribution in [0.1, 0.15) is 25.3 Å². The maximum absolute atomic E-state index is 6.50. The number of nitrogens with zero attached hydrogens (tertiary/aromatic N) is 7. The van der Waals surface area contributed by atoms with Crippen LogP contribution in [0.3, 0.4) is 0 Å². The molecule has 0 bridgehead atoms. The number of ether oxygens (including phenoxy) is 1. The van der Waals surface area contributed by atoms with Gasteiger partial charge in [-0.15, -0.1) is 35.7 Å². The normalized spacial score (nSPS) is 11.7. The van der Waals surface area contributed by atoms with Gasteiger partial charge in [-0.1, -0.05) is 80.0 Å². The number of pyridine rings is 1. The summed E-state index contributed by atoms with van der Waals surface area (Å²) in [5, 5.41) is 2.21. The Balaban J connectivity index is 0.00000348. The van der Waals surface area contributed by atoms with E-state index in [0.29, 0.717) is 17.4 Å². The summed E-state index contributed by atoms with van der Waals surface area (Å²) < 4.78 is 15.0. The molecule has 5 aromatic heterocycles. The second-order valence-electron chi connectivity index (χ2n) is 12.7. The van der Waals surface area contributed by atoms with E-state index in [0.717, 1.165) is 67.1 Å². The van der Waals surface area contributed by atoms with E-state index in [9.17, 15) is 0 Å². The molecule has 0 atom stereocenters. The van der Waals surface area contributed by atoms with E-state index in [1.165, 1.54) is 5.56 Å². The Morgan fingerprint density at radius 3 is 2.24 bits per heavy atom. The molecule has 0 radical (unpaired) electrons. The first-order chi connectivity index (χ1) is 24.6. The number of fused-ring (bicyclic) bond motifs is 8. The van der Waals surface area contributed by atoms with Crippen molar-refractivity contribution >= 4 is 49.9 Å². The fourth-order valence-corrected chi connectivity index (χ4v) is 7.14. The number of hydrogen-bond donors (Lipinski definition) is 0. The van der Waals surface area contributed by atoms with E-state index >= 15 is 0 Å². The molecule has 0 saturated carbocycles. The molecular weight excluding hydrogens is 814 g/mol. The summed E-state index contributed by atoms with van der Waals surface area (Å²) in [4.78, 5) is 14.8. The van der Waals surface area contributed by atoms with Gasteiger partial charge in [-0.05, 0) is 64.3 Å². The molecule has 0 N–H and O–H groups in total. The Hall–Kier alpha value is -5.98. The largest absolute Gasteiger partial charge is 2.00 e. The van der Waals surface area contributed by atoms with Crippen LogP contribution < -0.4 is 4.74 Å². The number of aromatic nitrogens is 7. The van der Waals surface area contributed by atoms with E-state index in [4.69, 9.17) is 14.7 Å². The molecule has 51 heavy (non-hydrogen) atoms. The van der Waals surface area contributed by atoms with Crippen LogP contribution in [0.5, 0.6) is 11.5 Å². The second-order valence-corrected chi connectivity index (χ2v) is 12.7. The Morgan fingerprint density at radius 1 is 0.667 bits per heavy atom. The monoisotopic (exact) mass is 842 g/mol. The minimum Gasteiger partial charge on any atom is -0.509 e. The van der Waals surface area contributed by atoms with Gasteiger partial charge < -0.3 is 9.30 Å². The summed E-state index contributed by atoms with van der Waals surface area (Å²) in [5.74, 6) is 3.05. The van der Waals surface area contributed by atoms with Crippen molar-refractivity contribution in [2.75, 3.05) is 0 Å². The van der Waals surface area contributed by atoms with Gasteiger partial charge in [0.2, 0.25) is 5.78 Å². The fraction of sp³-hybridized carbons (Fsp3) is 0.0714. The third-order valence-electron chi connectivity index (χ3n) is 9.36.